The lowest BCUT2D eigenvalue weighted by Crippen LogP contribution is -2.05. The van der Waals surface area contributed by atoms with Gasteiger partial charge in [-0.2, -0.15) is 0 Å². The lowest BCUT2D eigenvalue weighted by Gasteiger charge is -2.17. The molecule has 0 saturated heterocycles. The average Bonchev–Trinajstić information content (AvgIpc) is 2.48. The standard InChI is InChI=1S/C15H14BrIO3/c1-19-10-4-6-14(20-2)12(8-10)15(18)11-7-9(16)3-5-13(11)17/h3-8,15,18H,1-2H3. The van der Waals surface area contributed by atoms with Crippen LogP contribution in [0.1, 0.15) is 17.2 Å². The van der Waals surface area contributed by atoms with Gasteiger partial charge in [-0.05, 0) is 64.6 Å². The second-order valence-corrected chi connectivity index (χ2v) is 6.25. The molecule has 0 heterocycles. The molecule has 1 atom stereocenters. The maximum Gasteiger partial charge on any atom is 0.125 e. The van der Waals surface area contributed by atoms with Crippen LogP contribution in [0.3, 0.4) is 0 Å². The summed E-state index contributed by atoms with van der Waals surface area (Å²) in [6.45, 7) is 0. The van der Waals surface area contributed by atoms with Gasteiger partial charge in [-0.3, -0.25) is 0 Å². The maximum absolute atomic E-state index is 10.7. The van der Waals surface area contributed by atoms with Crippen molar-refractivity contribution in [1.82, 2.24) is 0 Å². The molecule has 0 aliphatic heterocycles. The minimum atomic E-state index is -0.774. The normalized spacial score (nSPS) is 12.1. The van der Waals surface area contributed by atoms with Gasteiger partial charge in [0, 0.05) is 13.6 Å². The smallest absolute Gasteiger partial charge is 0.125 e. The summed E-state index contributed by atoms with van der Waals surface area (Å²) in [5.41, 5.74) is 1.51. The summed E-state index contributed by atoms with van der Waals surface area (Å²) in [5, 5.41) is 10.7. The molecule has 0 aliphatic rings. The minimum Gasteiger partial charge on any atom is -0.497 e. The molecule has 106 valence electrons. The van der Waals surface area contributed by atoms with E-state index in [-0.39, 0.29) is 0 Å². The Morgan fingerprint density at radius 1 is 1.05 bits per heavy atom. The molecule has 0 radical (unpaired) electrons. The third-order valence-corrected chi connectivity index (χ3v) is 4.46. The molecule has 1 N–H and O–H groups in total. The molecule has 3 nitrogen and oxygen atoms in total. The van der Waals surface area contributed by atoms with E-state index in [4.69, 9.17) is 9.47 Å². The first-order valence-corrected chi connectivity index (χ1v) is 7.79. The van der Waals surface area contributed by atoms with E-state index in [2.05, 4.69) is 38.5 Å². The second kappa shape index (κ2) is 6.78. The molecule has 20 heavy (non-hydrogen) atoms. The first kappa shape index (κ1) is 15.6. The van der Waals surface area contributed by atoms with Gasteiger partial charge < -0.3 is 14.6 Å². The Labute approximate surface area is 140 Å². The Kier molecular flexibility index (Phi) is 5.29. The molecule has 2 aromatic carbocycles. The molecule has 0 fully saturated rings. The van der Waals surface area contributed by atoms with Gasteiger partial charge >= 0.3 is 0 Å². The Bertz CT molecular complexity index is 616. The summed E-state index contributed by atoms with van der Waals surface area (Å²) >= 11 is 5.64. The number of methoxy groups -OCH3 is 2. The van der Waals surface area contributed by atoms with E-state index in [1.165, 1.54) is 0 Å². The van der Waals surface area contributed by atoms with Gasteiger partial charge in [0.15, 0.2) is 0 Å². The van der Waals surface area contributed by atoms with Crippen LogP contribution in [-0.4, -0.2) is 19.3 Å². The number of benzene rings is 2. The highest BCUT2D eigenvalue weighted by Gasteiger charge is 2.19. The van der Waals surface area contributed by atoms with Crippen LogP contribution in [0.5, 0.6) is 11.5 Å². The number of ether oxygens (including phenoxy) is 2. The van der Waals surface area contributed by atoms with Crippen LogP contribution in [-0.2, 0) is 0 Å². The van der Waals surface area contributed by atoms with Crippen molar-refractivity contribution in [2.45, 2.75) is 6.10 Å². The number of hydrogen-bond donors (Lipinski definition) is 1. The predicted molar refractivity (Wildman–Crippen MR) is 90.5 cm³/mol. The molecule has 2 aromatic rings. The minimum absolute atomic E-state index is 0.633. The largest absolute Gasteiger partial charge is 0.497 e. The fourth-order valence-electron chi connectivity index (χ4n) is 1.94. The van der Waals surface area contributed by atoms with E-state index >= 15 is 0 Å². The average molecular weight is 449 g/mol. The van der Waals surface area contributed by atoms with Gasteiger partial charge in [-0.25, -0.2) is 0 Å². The summed E-state index contributed by atoms with van der Waals surface area (Å²) in [6.07, 6.45) is -0.774. The van der Waals surface area contributed by atoms with E-state index in [9.17, 15) is 5.11 Å². The molecular weight excluding hydrogens is 435 g/mol. The van der Waals surface area contributed by atoms with Crippen molar-refractivity contribution >= 4 is 38.5 Å². The SMILES string of the molecule is COc1ccc(OC)c(C(O)c2cc(Br)ccc2I)c1. The molecular formula is C15H14BrIO3. The third kappa shape index (κ3) is 3.27. The fourth-order valence-corrected chi connectivity index (χ4v) is 2.95. The Morgan fingerprint density at radius 2 is 1.80 bits per heavy atom. The van der Waals surface area contributed by atoms with Crippen LogP contribution in [0.4, 0.5) is 0 Å². The van der Waals surface area contributed by atoms with Crippen LogP contribution in [0.25, 0.3) is 0 Å². The van der Waals surface area contributed by atoms with E-state index in [1.807, 2.05) is 18.2 Å². The van der Waals surface area contributed by atoms with E-state index in [1.54, 1.807) is 32.4 Å². The Balaban J connectivity index is 2.51. The zero-order valence-electron chi connectivity index (χ0n) is 11.1. The van der Waals surface area contributed by atoms with Gasteiger partial charge in [0.1, 0.15) is 17.6 Å². The van der Waals surface area contributed by atoms with Gasteiger partial charge in [-0.15, -0.1) is 0 Å². The lowest BCUT2D eigenvalue weighted by atomic mass is 10.0. The van der Waals surface area contributed by atoms with Crippen molar-refractivity contribution in [3.8, 4) is 11.5 Å². The molecule has 2 rings (SSSR count). The lowest BCUT2D eigenvalue weighted by molar-refractivity contribution is 0.213. The van der Waals surface area contributed by atoms with Crippen molar-refractivity contribution in [1.29, 1.82) is 0 Å². The Morgan fingerprint density at radius 3 is 2.45 bits per heavy atom. The van der Waals surface area contributed by atoms with Crippen LogP contribution in [0.15, 0.2) is 40.9 Å². The van der Waals surface area contributed by atoms with E-state index in [0.29, 0.717) is 17.1 Å². The molecule has 0 spiro atoms. The van der Waals surface area contributed by atoms with Crippen LogP contribution in [0, 0.1) is 3.57 Å². The fraction of sp³-hybridized carbons (Fsp3) is 0.200. The van der Waals surface area contributed by atoms with Crippen molar-refractivity contribution in [3.05, 3.63) is 55.6 Å². The molecule has 1 unspecified atom stereocenters. The molecule has 0 aromatic heterocycles. The summed E-state index contributed by atoms with van der Waals surface area (Å²) < 4.78 is 12.5. The van der Waals surface area contributed by atoms with Crippen molar-refractivity contribution in [2.75, 3.05) is 14.2 Å². The summed E-state index contributed by atoms with van der Waals surface area (Å²) in [7, 11) is 3.19. The van der Waals surface area contributed by atoms with Crippen molar-refractivity contribution in [2.24, 2.45) is 0 Å². The summed E-state index contributed by atoms with van der Waals surface area (Å²) in [4.78, 5) is 0. The number of aliphatic hydroxyl groups excluding tert-OH is 1. The zero-order valence-corrected chi connectivity index (χ0v) is 14.8. The van der Waals surface area contributed by atoms with E-state index in [0.717, 1.165) is 13.6 Å². The highest BCUT2D eigenvalue weighted by atomic mass is 127. The second-order valence-electron chi connectivity index (χ2n) is 4.18. The topological polar surface area (TPSA) is 38.7 Å². The summed E-state index contributed by atoms with van der Waals surface area (Å²) in [6, 6.07) is 11.2. The van der Waals surface area contributed by atoms with Gasteiger partial charge in [0.25, 0.3) is 0 Å². The highest BCUT2D eigenvalue weighted by molar-refractivity contribution is 14.1. The van der Waals surface area contributed by atoms with Gasteiger partial charge in [0.2, 0.25) is 0 Å². The zero-order chi connectivity index (χ0) is 14.7. The molecule has 0 saturated carbocycles. The van der Waals surface area contributed by atoms with Gasteiger partial charge in [-0.1, -0.05) is 15.9 Å². The molecule has 0 bridgehead atoms. The first-order valence-electron chi connectivity index (χ1n) is 5.91. The molecule has 0 aliphatic carbocycles. The summed E-state index contributed by atoms with van der Waals surface area (Å²) in [5.74, 6) is 1.32. The predicted octanol–water partition coefficient (Wildman–Crippen LogP) is 4.15. The third-order valence-electron chi connectivity index (χ3n) is 2.98. The molecule has 0 amide bonds. The van der Waals surface area contributed by atoms with Crippen LogP contribution >= 0.6 is 38.5 Å². The van der Waals surface area contributed by atoms with E-state index < -0.39 is 6.10 Å². The number of hydrogen-bond acceptors (Lipinski definition) is 3. The van der Waals surface area contributed by atoms with Crippen molar-refractivity contribution in [3.63, 3.8) is 0 Å². The number of aliphatic hydroxyl groups is 1. The van der Waals surface area contributed by atoms with Crippen LogP contribution in [0.2, 0.25) is 0 Å². The number of halogens is 2. The number of rotatable bonds is 4. The quantitative estimate of drug-likeness (QED) is 0.714. The van der Waals surface area contributed by atoms with Crippen LogP contribution < -0.4 is 9.47 Å². The molecule has 5 heteroatoms. The van der Waals surface area contributed by atoms with Gasteiger partial charge in [0.05, 0.1) is 14.2 Å². The monoisotopic (exact) mass is 448 g/mol. The highest BCUT2D eigenvalue weighted by Crippen LogP contribution is 2.35. The van der Waals surface area contributed by atoms with Crippen molar-refractivity contribution < 1.29 is 14.6 Å². The Hall–Kier alpha value is -0.790. The first-order chi connectivity index (χ1) is 9.56. The maximum atomic E-state index is 10.7.